The van der Waals surface area contributed by atoms with Crippen LogP contribution in [0, 0.1) is 0 Å². The van der Waals surface area contributed by atoms with Gasteiger partial charge in [0, 0.05) is 12.0 Å². The molecule has 0 spiro atoms. The summed E-state index contributed by atoms with van der Waals surface area (Å²) in [7, 11) is 0. The molecule has 1 aromatic rings. The van der Waals surface area contributed by atoms with Crippen LogP contribution in [0.5, 0.6) is 5.75 Å². The molecule has 2 aliphatic rings. The Hall–Kier alpha value is -0.730. The maximum atomic E-state index is 6.33. The summed E-state index contributed by atoms with van der Waals surface area (Å²) in [6.45, 7) is 5.45. The maximum Gasteiger partial charge on any atom is 0.141 e. The lowest BCUT2D eigenvalue weighted by atomic mass is 9.89. The predicted molar refractivity (Wildman–Crippen MR) is 69.8 cm³/mol. The minimum absolute atomic E-state index is 0.0878. The molecule has 2 nitrogen and oxygen atoms in total. The van der Waals surface area contributed by atoms with Crippen molar-refractivity contribution >= 4 is 11.6 Å². The van der Waals surface area contributed by atoms with Crippen molar-refractivity contribution in [3.05, 3.63) is 28.3 Å². The quantitative estimate of drug-likeness (QED) is 0.827. The summed E-state index contributed by atoms with van der Waals surface area (Å²) in [5.74, 6) is 0.893. The van der Waals surface area contributed by atoms with Crippen molar-refractivity contribution in [2.24, 2.45) is 0 Å². The first-order valence-corrected chi connectivity index (χ1v) is 6.71. The Balaban J connectivity index is 2.03. The van der Waals surface area contributed by atoms with Gasteiger partial charge in [-0.15, -0.1) is 0 Å². The third kappa shape index (κ3) is 1.84. The minimum atomic E-state index is 0.0878. The number of rotatable bonds is 1. The zero-order chi connectivity index (χ0) is 12.0. The number of hydrogen-bond donors (Lipinski definition) is 1. The fraction of sp³-hybridized carbons (Fsp3) is 0.571. The first kappa shape index (κ1) is 11.4. The smallest absolute Gasteiger partial charge is 0.141 e. The average Bonchev–Trinajstić information content (AvgIpc) is 2.85. The summed E-state index contributed by atoms with van der Waals surface area (Å²) in [4.78, 5) is 0. The lowest BCUT2D eigenvalue weighted by molar-refractivity contribution is 0.255. The minimum Gasteiger partial charge on any atom is -0.489 e. The lowest BCUT2D eigenvalue weighted by Crippen LogP contribution is -2.33. The SMILES string of the molecule is CC1Cc2cc(C3(C)CCCN3)cc(Cl)c2O1. The first-order chi connectivity index (χ1) is 8.08. The fourth-order valence-corrected chi connectivity index (χ4v) is 3.23. The van der Waals surface area contributed by atoms with E-state index in [-0.39, 0.29) is 11.6 Å². The number of fused-ring (bicyclic) bond motifs is 1. The van der Waals surface area contributed by atoms with Gasteiger partial charge in [0.05, 0.1) is 5.02 Å². The standard InChI is InChI=1S/C14H18ClNO/c1-9-6-10-7-11(8-12(15)13(10)17-9)14(2)4-3-5-16-14/h7-9,16H,3-6H2,1-2H3. The van der Waals surface area contributed by atoms with E-state index in [1.807, 2.05) is 0 Å². The van der Waals surface area contributed by atoms with E-state index in [9.17, 15) is 0 Å². The molecule has 17 heavy (non-hydrogen) atoms. The van der Waals surface area contributed by atoms with Crippen LogP contribution in [-0.4, -0.2) is 12.6 Å². The second-order valence-electron chi connectivity index (χ2n) is 5.44. The van der Waals surface area contributed by atoms with Crippen molar-refractivity contribution in [3.63, 3.8) is 0 Å². The van der Waals surface area contributed by atoms with Gasteiger partial charge in [0.1, 0.15) is 11.9 Å². The van der Waals surface area contributed by atoms with Gasteiger partial charge < -0.3 is 10.1 Å². The summed E-state index contributed by atoms with van der Waals surface area (Å²) in [5, 5.41) is 4.34. The van der Waals surface area contributed by atoms with E-state index in [0.717, 1.165) is 23.7 Å². The summed E-state index contributed by atoms with van der Waals surface area (Å²) >= 11 is 6.33. The van der Waals surface area contributed by atoms with Crippen LogP contribution in [0.2, 0.25) is 5.02 Å². The number of nitrogens with one attached hydrogen (secondary N) is 1. The van der Waals surface area contributed by atoms with Gasteiger partial charge >= 0.3 is 0 Å². The van der Waals surface area contributed by atoms with Crippen molar-refractivity contribution in [2.75, 3.05) is 6.54 Å². The van der Waals surface area contributed by atoms with Crippen LogP contribution < -0.4 is 10.1 Å². The molecule has 0 bridgehead atoms. The molecular weight excluding hydrogens is 234 g/mol. The Morgan fingerprint density at radius 1 is 1.47 bits per heavy atom. The van der Waals surface area contributed by atoms with E-state index in [2.05, 4.69) is 31.3 Å². The van der Waals surface area contributed by atoms with Gasteiger partial charge in [-0.05, 0) is 50.4 Å². The first-order valence-electron chi connectivity index (χ1n) is 6.33. The van der Waals surface area contributed by atoms with Gasteiger partial charge in [0.25, 0.3) is 0 Å². The van der Waals surface area contributed by atoms with E-state index in [4.69, 9.17) is 16.3 Å². The topological polar surface area (TPSA) is 21.3 Å². The number of ether oxygens (including phenoxy) is 1. The fourth-order valence-electron chi connectivity index (χ4n) is 2.95. The highest BCUT2D eigenvalue weighted by atomic mass is 35.5. The summed E-state index contributed by atoms with van der Waals surface area (Å²) in [6.07, 6.45) is 3.64. The second kappa shape index (κ2) is 3.89. The highest BCUT2D eigenvalue weighted by Crippen LogP contribution is 2.41. The molecule has 0 amide bonds. The monoisotopic (exact) mass is 251 g/mol. The molecule has 3 heteroatoms. The van der Waals surface area contributed by atoms with Crippen molar-refractivity contribution in [1.82, 2.24) is 5.32 Å². The Morgan fingerprint density at radius 2 is 2.29 bits per heavy atom. The van der Waals surface area contributed by atoms with Crippen LogP contribution in [0.25, 0.3) is 0 Å². The number of halogens is 1. The van der Waals surface area contributed by atoms with Crippen LogP contribution in [0.1, 0.15) is 37.8 Å². The van der Waals surface area contributed by atoms with Crippen LogP contribution in [0.15, 0.2) is 12.1 Å². The molecule has 1 saturated heterocycles. The van der Waals surface area contributed by atoms with Crippen molar-refractivity contribution in [3.8, 4) is 5.75 Å². The molecule has 2 aliphatic heterocycles. The van der Waals surface area contributed by atoms with Crippen molar-refractivity contribution < 1.29 is 4.74 Å². The molecule has 1 fully saturated rings. The van der Waals surface area contributed by atoms with Crippen LogP contribution in [0.4, 0.5) is 0 Å². The Bertz CT molecular complexity index is 452. The maximum absolute atomic E-state index is 6.33. The molecule has 0 saturated carbocycles. The number of hydrogen-bond acceptors (Lipinski definition) is 2. The molecule has 2 unspecified atom stereocenters. The Kier molecular flexibility index (Phi) is 2.60. The Labute approximate surface area is 107 Å². The second-order valence-corrected chi connectivity index (χ2v) is 5.85. The van der Waals surface area contributed by atoms with E-state index in [0.29, 0.717) is 0 Å². The molecule has 3 rings (SSSR count). The van der Waals surface area contributed by atoms with Crippen molar-refractivity contribution in [1.29, 1.82) is 0 Å². The molecule has 1 N–H and O–H groups in total. The molecule has 2 heterocycles. The van der Waals surface area contributed by atoms with E-state index >= 15 is 0 Å². The van der Waals surface area contributed by atoms with Crippen LogP contribution in [-0.2, 0) is 12.0 Å². The zero-order valence-corrected chi connectivity index (χ0v) is 11.1. The largest absolute Gasteiger partial charge is 0.489 e. The predicted octanol–water partition coefficient (Wildman–Crippen LogP) is 3.26. The van der Waals surface area contributed by atoms with Crippen molar-refractivity contribution in [2.45, 2.75) is 44.8 Å². The summed E-state index contributed by atoms with van der Waals surface area (Å²) < 4.78 is 5.74. The highest BCUT2D eigenvalue weighted by Gasteiger charge is 2.32. The molecule has 2 atom stereocenters. The van der Waals surface area contributed by atoms with Gasteiger partial charge in [-0.25, -0.2) is 0 Å². The van der Waals surface area contributed by atoms with Crippen LogP contribution in [0.3, 0.4) is 0 Å². The van der Waals surface area contributed by atoms with E-state index in [1.165, 1.54) is 24.0 Å². The van der Waals surface area contributed by atoms with Gasteiger partial charge in [-0.2, -0.15) is 0 Å². The third-order valence-electron chi connectivity index (χ3n) is 3.95. The van der Waals surface area contributed by atoms with Gasteiger partial charge in [-0.3, -0.25) is 0 Å². The summed E-state index contributed by atoms with van der Waals surface area (Å²) in [5.41, 5.74) is 2.65. The molecular formula is C14H18ClNO. The number of benzene rings is 1. The van der Waals surface area contributed by atoms with Crippen LogP contribution >= 0.6 is 11.6 Å². The highest BCUT2D eigenvalue weighted by molar-refractivity contribution is 6.32. The van der Waals surface area contributed by atoms with Gasteiger partial charge in [0.2, 0.25) is 0 Å². The third-order valence-corrected chi connectivity index (χ3v) is 4.23. The average molecular weight is 252 g/mol. The van der Waals surface area contributed by atoms with Gasteiger partial charge in [-0.1, -0.05) is 17.7 Å². The van der Waals surface area contributed by atoms with E-state index < -0.39 is 0 Å². The summed E-state index contributed by atoms with van der Waals surface area (Å²) in [6, 6.07) is 4.33. The Morgan fingerprint density at radius 3 is 3.00 bits per heavy atom. The molecule has 1 aromatic carbocycles. The molecule has 0 radical (unpaired) electrons. The molecule has 0 aliphatic carbocycles. The molecule has 92 valence electrons. The van der Waals surface area contributed by atoms with Gasteiger partial charge in [0.15, 0.2) is 0 Å². The molecule has 0 aromatic heterocycles. The zero-order valence-electron chi connectivity index (χ0n) is 10.3. The normalized spacial score (nSPS) is 31.4. The van der Waals surface area contributed by atoms with E-state index in [1.54, 1.807) is 0 Å². The lowest BCUT2D eigenvalue weighted by Gasteiger charge is -2.25.